The van der Waals surface area contributed by atoms with E-state index in [2.05, 4.69) is 0 Å². The van der Waals surface area contributed by atoms with Gasteiger partial charge >= 0.3 is 0 Å². The molecule has 1 aliphatic carbocycles. The Morgan fingerprint density at radius 1 is 1.25 bits per heavy atom. The normalized spacial score (nSPS) is 29.7. The Kier molecular flexibility index (Phi) is 2.57. The van der Waals surface area contributed by atoms with E-state index in [-0.39, 0.29) is 6.42 Å². The smallest absolute Gasteiger partial charge is 0.223 e. The fourth-order valence-corrected chi connectivity index (χ4v) is 1.34. The standard InChI is InChI=1S/C6H9N2O4/c9-7(10)5-2-1-3-6(4-5)8(11)12/h2,5-6H,1,3-4H2. The van der Waals surface area contributed by atoms with Crippen LogP contribution in [0.15, 0.2) is 0 Å². The third-order valence-corrected chi connectivity index (χ3v) is 2.02. The Bertz CT molecular complexity index is 186. The zero-order valence-corrected chi connectivity index (χ0v) is 6.38. The second-order valence-corrected chi connectivity index (χ2v) is 2.84. The average molecular weight is 173 g/mol. The van der Waals surface area contributed by atoms with Crippen LogP contribution in [-0.4, -0.2) is 21.9 Å². The number of nitro groups is 2. The molecule has 0 aromatic rings. The summed E-state index contributed by atoms with van der Waals surface area (Å²) in [6, 6.07) is -1.56. The highest BCUT2D eigenvalue weighted by atomic mass is 16.6. The lowest BCUT2D eigenvalue weighted by Crippen LogP contribution is -2.34. The summed E-state index contributed by atoms with van der Waals surface area (Å²) in [4.78, 5) is 19.7. The largest absolute Gasteiger partial charge is 0.264 e. The summed E-state index contributed by atoms with van der Waals surface area (Å²) in [5, 5.41) is 20.6. The molecule has 1 fully saturated rings. The van der Waals surface area contributed by atoms with E-state index in [0.29, 0.717) is 12.8 Å². The van der Waals surface area contributed by atoms with Crippen molar-refractivity contribution in [2.24, 2.45) is 0 Å². The van der Waals surface area contributed by atoms with Gasteiger partial charge in [-0.2, -0.15) is 0 Å². The second kappa shape index (κ2) is 3.46. The summed E-state index contributed by atoms with van der Waals surface area (Å²) in [5.74, 6) is 0. The minimum Gasteiger partial charge on any atom is -0.264 e. The summed E-state index contributed by atoms with van der Waals surface area (Å²) in [5.41, 5.74) is 0. The third kappa shape index (κ3) is 1.90. The molecule has 0 amide bonds. The van der Waals surface area contributed by atoms with Crippen molar-refractivity contribution in [1.82, 2.24) is 0 Å². The Morgan fingerprint density at radius 2 is 1.92 bits per heavy atom. The van der Waals surface area contributed by atoms with Crippen LogP contribution in [0, 0.1) is 26.6 Å². The number of nitrogens with zero attached hydrogens (tertiary/aromatic N) is 2. The molecule has 2 atom stereocenters. The molecule has 0 aliphatic heterocycles. The van der Waals surface area contributed by atoms with Gasteiger partial charge in [0.1, 0.15) is 0 Å². The van der Waals surface area contributed by atoms with Crippen LogP contribution >= 0.6 is 0 Å². The van der Waals surface area contributed by atoms with Crippen molar-refractivity contribution in [3.05, 3.63) is 26.6 Å². The quantitative estimate of drug-likeness (QED) is 0.453. The Labute approximate surface area is 68.9 Å². The molecule has 1 saturated carbocycles. The first-order valence-corrected chi connectivity index (χ1v) is 3.71. The maximum absolute atomic E-state index is 10.3. The van der Waals surface area contributed by atoms with Gasteiger partial charge < -0.3 is 0 Å². The van der Waals surface area contributed by atoms with Crippen LogP contribution in [0.25, 0.3) is 0 Å². The second-order valence-electron chi connectivity index (χ2n) is 2.84. The predicted molar refractivity (Wildman–Crippen MR) is 39.7 cm³/mol. The van der Waals surface area contributed by atoms with Crippen LogP contribution < -0.4 is 0 Å². The molecule has 0 bridgehead atoms. The molecule has 12 heavy (non-hydrogen) atoms. The van der Waals surface area contributed by atoms with Crippen molar-refractivity contribution in [2.45, 2.75) is 31.3 Å². The van der Waals surface area contributed by atoms with Crippen molar-refractivity contribution in [3.63, 3.8) is 0 Å². The Balaban J connectivity index is 2.51. The molecular weight excluding hydrogens is 164 g/mol. The van der Waals surface area contributed by atoms with Gasteiger partial charge in [-0.1, -0.05) is 0 Å². The molecule has 2 unspecified atom stereocenters. The van der Waals surface area contributed by atoms with Crippen LogP contribution in [0.2, 0.25) is 0 Å². The summed E-state index contributed by atoms with van der Waals surface area (Å²) in [7, 11) is 0. The van der Waals surface area contributed by atoms with Gasteiger partial charge in [0.05, 0.1) is 6.42 Å². The van der Waals surface area contributed by atoms with Gasteiger partial charge in [-0.25, -0.2) is 0 Å². The molecule has 0 N–H and O–H groups in total. The van der Waals surface area contributed by atoms with Gasteiger partial charge in [0.2, 0.25) is 12.1 Å². The van der Waals surface area contributed by atoms with Gasteiger partial charge in [0.25, 0.3) is 0 Å². The van der Waals surface area contributed by atoms with Crippen molar-refractivity contribution in [2.75, 3.05) is 0 Å². The Hall–Kier alpha value is -1.20. The van der Waals surface area contributed by atoms with E-state index < -0.39 is 21.9 Å². The fraction of sp³-hybridized carbons (Fsp3) is 0.833. The van der Waals surface area contributed by atoms with Gasteiger partial charge in [0.15, 0.2) is 0 Å². The van der Waals surface area contributed by atoms with Crippen LogP contribution in [-0.2, 0) is 0 Å². The summed E-state index contributed by atoms with van der Waals surface area (Å²) >= 11 is 0. The zero-order valence-electron chi connectivity index (χ0n) is 6.38. The van der Waals surface area contributed by atoms with Gasteiger partial charge in [0, 0.05) is 22.7 Å². The summed E-state index contributed by atoms with van der Waals surface area (Å²) < 4.78 is 0. The highest BCUT2D eigenvalue weighted by molar-refractivity contribution is 4.85. The van der Waals surface area contributed by atoms with Crippen molar-refractivity contribution in [1.29, 1.82) is 0 Å². The molecule has 1 rings (SSSR count). The Morgan fingerprint density at radius 3 is 2.42 bits per heavy atom. The SMILES string of the molecule is O=[N+]([O-])C1[CH]CCC([N+](=O)[O-])C1. The van der Waals surface area contributed by atoms with Crippen LogP contribution in [0.4, 0.5) is 0 Å². The minimum atomic E-state index is -0.825. The van der Waals surface area contributed by atoms with Crippen molar-refractivity contribution in [3.8, 4) is 0 Å². The molecule has 67 valence electrons. The molecule has 6 nitrogen and oxygen atoms in total. The molecule has 0 aromatic heterocycles. The average Bonchev–Trinajstić information content (AvgIpc) is 2.04. The molecule has 6 heteroatoms. The molecule has 0 spiro atoms. The van der Waals surface area contributed by atoms with Crippen molar-refractivity contribution >= 4 is 0 Å². The molecule has 0 saturated heterocycles. The first-order valence-electron chi connectivity index (χ1n) is 3.71. The number of hydrogen-bond acceptors (Lipinski definition) is 4. The van der Waals surface area contributed by atoms with Crippen LogP contribution in [0.3, 0.4) is 0 Å². The maximum Gasteiger partial charge on any atom is 0.223 e. The number of rotatable bonds is 2. The topological polar surface area (TPSA) is 86.3 Å². The molecule has 0 heterocycles. The summed E-state index contributed by atoms with van der Waals surface area (Å²) in [6.07, 6.45) is 2.48. The van der Waals surface area contributed by atoms with E-state index in [1.165, 1.54) is 0 Å². The first-order chi connectivity index (χ1) is 5.61. The van der Waals surface area contributed by atoms with Crippen LogP contribution in [0.1, 0.15) is 19.3 Å². The van der Waals surface area contributed by atoms with Gasteiger partial charge in [-0.15, -0.1) is 0 Å². The molecule has 1 radical (unpaired) electrons. The zero-order chi connectivity index (χ0) is 9.14. The van der Waals surface area contributed by atoms with E-state index in [9.17, 15) is 20.2 Å². The van der Waals surface area contributed by atoms with E-state index in [1.54, 1.807) is 6.42 Å². The maximum atomic E-state index is 10.3. The molecule has 1 aliphatic rings. The van der Waals surface area contributed by atoms with E-state index >= 15 is 0 Å². The highest BCUT2D eigenvalue weighted by Gasteiger charge is 2.35. The first kappa shape index (κ1) is 8.89. The highest BCUT2D eigenvalue weighted by Crippen LogP contribution is 2.21. The third-order valence-electron chi connectivity index (χ3n) is 2.02. The van der Waals surface area contributed by atoms with E-state index in [1.807, 2.05) is 0 Å². The monoisotopic (exact) mass is 173 g/mol. The molecular formula is C6H9N2O4. The van der Waals surface area contributed by atoms with Gasteiger partial charge in [-0.05, 0) is 6.42 Å². The van der Waals surface area contributed by atoms with Crippen LogP contribution in [0.5, 0.6) is 0 Å². The van der Waals surface area contributed by atoms with E-state index in [4.69, 9.17) is 0 Å². The lowest BCUT2D eigenvalue weighted by Gasteiger charge is -2.17. The predicted octanol–water partition coefficient (Wildman–Crippen LogP) is 0.665. The number of hydrogen-bond donors (Lipinski definition) is 0. The lowest BCUT2D eigenvalue weighted by molar-refractivity contribution is -0.561. The summed E-state index contributed by atoms with van der Waals surface area (Å²) in [6.45, 7) is 0. The fourth-order valence-electron chi connectivity index (χ4n) is 1.34. The van der Waals surface area contributed by atoms with E-state index in [0.717, 1.165) is 0 Å². The van der Waals surface area contributed by atoms with Crippen molar-refractivity contribution < 1.29 is 9.85 Å². The lowest BCUT2D eigenvalue weighted by atomic mass is 9.92. The van der Waals surface area contributed by atoms with Gasteiger partial charge in [-0.3, -0.25) is 20.2 Å². The molecule has 0 aromatic carbocycles. The minimum absolute atomic E-state index is 0.0417.